The number of thiophene rings is 1. The molecule has 0 aromatic carbocycles. The second kappa shape index (κ2) is 4.44. The number of nitrogens with one attached hydrogen (secondary N) is 1. The lowest BCUT2D eigenvalue weighted by atomic mass is 9.83. The van der Waals surface area contributed by atoms with Crippen molar-refractivity contribution in [2.24, 2.45) is 5.41 Å². The minimum atomic E-state index is -1.39. The Labute approximate surface area is 91.9 Å². The zero-order chi connectivity index (χ0) is 11.5. The summed E-state index contributed by atoms with van der Waals surface area (Å²) >= 11 is 1.49. The maximum Gasteiger partial charge on any atom is 0.319 e. The molecule has 0 fully saturated rings. The van der Waals surface area contributed by atoms with Gasteiger partial charge in [-0.1, -0.05) is 0 Å². The van der Waals surface area contributed by atoms with Gasteiger partial charge in [-0.05, 0) is 35.7 Å². The number of carbonyl (C=O) groups is 2. The zero-order valence-electron chi connectivity index (χ0n) is 8.61. The highest BCUT2D eigenvalue weighted by atomic mass is 32.1. The molecule has 2 N–H and O–H groups in total. The quantitative estimate of drug-likeness (QED) is 0.758. The number of aliphatic carboxylic acids is 1. The molecule has 1 amide bonds. The third-order valence-corrected chi connectivity index (χ3v) is 3.07. The summed E-state index contributed by atoms with van der Waals surface area (Å²) in [5, 5.41) is 15.2. The predicted molar refractivity (Wildman–Crippen MR) is 57.8 cm³/mol. The van der Waals surface area contributed by atoms with Crippen LogP contribution in [0, 0.1) is 5.41 Å². The number of carboxylic acid groups (broad SMARTS) is 1. The van der Waals surface area contributed by atoms with E-state index in [1.54, 1.807) is 0 Å². The Hall–Kier alpha value is -1.36. The maximum absolute atomic E-state index is 11.5. The van der Waals surface area contributed by atoms with Gasteiger partial charge in [0.2, 0.25) is 5.91 Å². The van der Waals surface area contributed by atoms with Crippen LogP contribution < -0.4 is 5.32 Å². The van der Waals surface area contributed by atoms with Crippen LogP contribution in [0.4, 0.5) is 0 Å². The first-order valence-electron chi connectivity index (χ1n) is 4.47. The standard InChI is InChI=1S/C10H13NO3S/c1-10(9(13)14,8(12)11-2)5-7-3-4-15-6-7/h3-4,6H,5H2,1-2H3,(H,11,12)(H,13,14). The second-order valence-corrected chi connectivity index (χ2v) is 4.30. The topological polar surface area (TPSA) is 66.4 Å². The van der Waals surface area contributed by atoms with E-state index < -0.39 is 17.3 Å². The number of hydrogen-bond donors (Lipinski definition) is 2. The van der Waals surface area contributed by atoms with Crippen molar-refractivity contribution in [3.63, 3.8) is 0 Å². The van der Waals surface area contributed by atoms with Crippen molar-refractivity contribution in [2.45, 2.75) is 13.3 Å². The van der Waals surface area contributed by atoms with E-state index in [1.165, 1.54) is 25.3 Å². The summed E-state index contributed by atoms with van der Waals surface area (Å²) in [6.45, 7) is 1.44. The van der Waals surface area contributed by atoms with Crippen LogP contribution in [0.25, 0.3) is 0 Å². The van der Waals surface area contributed by atoms with E-state index in [1.807, 2.05) is 16.8 Å². The first-order valence-corrected chi connectivity index (χ1v) is 5.41. The molecule has 1 aromatic rings. The molecule has 82 valence electrons. The Kier molecular flexibility index (Phi) is 3.47. The van der Waals surface area contributed by atoms with Crippen LogP contribution in [0.5, 0.6) is 0 Å². The molecule has 15 heavy (non-hydrogen) atoms. The van der Waals surface area contributed by atoms with Gasteiger partial charge in [0.15, 0.2) is 0 Å². The van der Waals surface area contributed by atoms with E-state index in [0.29, 0.717) is 0 Å². The molecule has 0 bridgehead atoms. The number of carbonyl (C=O) groups excluding carboxylic acids is 1. The van der Waals surface area contributed by atoms with Gasteiger partial charge >= 0.3 is 5.97 Å². The van der Waals surface area contributed by atoms with Crippen molar-refractivity contribution >= 4 is 23.2 Å². The minimum Gasteiger partial charge on any atom is -0.480 e. The fraction of sp³-hybridized carbons (Fsp3) is 0.400. The third-order valence-electron chi connectivity index (χ3n) is 2.34. The Bertz CT molecular complexity index is 361. The van der Waals surface area contributed by atoms with Crippen molar-refractivity contribution in [3.05, 3.63) is 22.4 Å². The van der Waals surface area contributed by atoms with Crippen molar-refractivity contribution in [2.75, 3.05) is 7.05 Å². The van der Waals surface area contributed by atoms with Crippen molar-refractivity contribution in [1.29, 1.82) is 0 Å². The lowest BCUT2D eigenvalue weighted by Gasteiger charge is -2.22. The molecule has 0 saturated carbocycles. The molecule has 0 spiro atoms. The third kappa shape index (κ3) is 2.36. The molecule has 1 rings (SSSR count). The first-order chi connectivity index (χ1) is 7.00. The fourth-order valence-electron chi connectivity index (χ4n) is 1.33. The lowest BCUT2D eigenvalue weighted by molar-refractivity contribution is -0.154. The number of amides is 1. The van der Waals surface area contributed by atoms with Gasteiger partial charge in [0.25, 0.3) is 0 Å². The van der Waals surface area contributed by atoms with Crippen molar-refractivity contribution in [3.8, 4) is 0 Å². The Morgan fingerprint density at radius 2 is 2.27 bits per heavy atom. The average molecular weight is 227 g/mol. The Morgan fingerprint density at radius 3 is 2.67 bits per heavy atom. The van der Waals surface area contributed by atoms with Gasteiger partial charge in [-0.15, -0.1) is 0 Å². The monoisotopic (exact) mass is 227 g/mol. The predicted octanol–water partition coefficient (Wildman–Crippen LogP) is 1.13. The first kappa shape index (κ1) is 11.7. The van der Waals surface area contributed by atoms with E-state index in [0.717, 1.165) is 5.56 Å². The summed E-state index contributed by atoms with van der Waals surface area (Å²) in [6, 6.07) is 1.83. The summed E-state index contributed by atoms with van der Waals surface area (Å²) in [6.07, 6.45) is 0.214. The molecule has 0 saturated heterocycles. The SMILES string of the molecule is CNC(=O)C(C)(Cc1ccsc1)C(=O)O. The molecular weight excluding hydrogens is 214 g/mol. The Balaban J connectivity index is 2.92. The van der Waals surface area contributed by atoms with Crippen LogP contribution in [-0.4, -0.2) is 24.0 Å². The maximum atomic E-state index is 11.5. The number of carboxylic acids is 1. The molecule has 1 atom stereocenters. The summed E-state index contributed by atoms with van der Waals surface area (Å²) in [5.41, 5.74) is -0.524. The van der Waals surface area contributed by atoms with Crippen LogP contribution in [0.2, 0.25) is 0 Å². The summed E-state index contributed by atoms with van der Waals surface area (Å²) in [4.78, 5) is 22.6. The Morgan fingerprint density at radius 1 is 1.60 bits per heavy atom. The van der Waals surface area contributed by atoms with Crippen molar-refractivity contribution in [1.82, 2.24) is 5.32 Å². The zero-order valence-corrected chi connectivity index (χ0v) is 9.43. The van der Waals surface area contributed by atoms with Crippen LogP contribution in [0.15, 0.2) is 16.8 Å². The van der Waals surface area contributed by atoms with Gasteiger partial charge in [-0.25, -0.2) is 0 Å². The smallest absolute Gasteiger partial charge is 0.319 e. The van der Waals surface area contributed by atoms with Gasteiger partial charge in [0.1, 0.15) is 5.41 Å². The average Bonchev–Trinajstić information content (AvgIpc) is 2.68. The van der Waals surface area contributed by atoms with Crippen LogP contribution in [0.3, 0.4) is 0 Å². The van der Waals surface area contributed by atoms with Crippen LogP contribution >= 0.6 is 11.3 Å². The molecule has 5 heteroatoms. The summed E-state index contributed by atoms with van der Waals surface area (Å²) in [5.74, 6) is -1.57. The molecule has 1 aromatic heterocycles. The largest absolute Gasteiger partial charge is 0.480 e. The van der Waals surface area contributed by atoms with E-state index in [-0.39, 0.29) is 6.42 Å². The molecule has 1 unspecified atom stereocenters. The molecule has 0 aliphatic carbocycles. The summed E-state index contributed by atoms with van der Waals surface area (Å²) < 4.78 is 0. The normalized spacial score (nSPS) is 14.3. The van der Waals surface area contributed by atoms with Gasteiger partial charge in [-0.3, -0.25) is 9.59 Å². The fourth-order valence-corrected chi connectivity index (χ4v) is 2.00. The van der Waals surface area contributed by atoms with E-state index >= 15 is 0 Å². The second-order valence-electron chi connectivity index (χ2n) is 3.52. The highest BCUT2D eigenvalue weighted by molar-refractivity contribution is 7.07. The molecule has 0 radical (unpaired) electrons. The van der Waals surface area contributed by atoms with Crippen molar-refractivity contribution < 1.29 is 14.7 Å². The summed E-state index contributed by atoms with van der Waals surface area (Å²) in [7, 11) is 1.44. The van der Waals surface area contributed by atoms with E-state index in [2.05, 4.69) is 5.32 Å². The van der Waals surface area contributed by atoms with Crippen LogP contribution in [0.1, 0.15) is 12.5 Å². The van der Waals surface area contributed by atoms with Crippen LogP contribution in [-0.2, 0) is 16.0 Å². The molecule has 4 nitrogen and oxygen atoms in total. The van der Waals surface area contributed by atoms with Gasteiger partial charge in [0.05, 0.1) is 0 Å². The molecule has 0 aliphatic rings. The van der Waals surface area contributed by atoms with Gasteiger partial charge in [-0.2, -0.15) is 11.3 Å². The molecule has 1 heterocycles. The van der Waals surface area contributed by atoms with Gasteiger partial charge < -0.3 is 10.4 Å². The number of hydrogen-bond acceptors (Lipinski definition) is 3. The molecule has 0 aliphatic heterocycles. The highest BCUT2D eigenvalue weighted by Gasteiger charge is 2.40. The molecular formula is C10H13NO3S. The van der Waals surface area contributed by atoms with Gasteiger partial charge in [0, 0.05) is 7.05 Å². The number of rotatable bonds is 4. The van der Waals surface area contributed by atoms with E-state index in [9.17, 15) is 9.59 Å². The lowest BCUT2D eigenvalue weighted by Crippen LogP contribution is -2.44. The minimum absolute atomic E-state index is 0.214. The van der Waals surface area contributed by atoms with E-state index in [4.69, 9.17) is 5.11 Å². The highest BCUT2D eigenvalue weighted by Crippen LogP contribution is 2.24.